The summed E-state index contributed by atoms with van der Waals surface area (Å²) in [6, 6.07) is 33.0. The van der Waals surface area contributed by atoms with Crippen molar-refractivity contribution in [3.8, 4) is 11.5 Å². The molecule has 0 saturated heterocycles. The molecule has 0 bridgehead atoms. The van der Waals surface area contributed by atoms with E-state index in [1.54, 1.807) is 0 Å². The van der Waals surface area contributed by atoms with Gasteiger partial charge in [0, 0.05) is 0 Å². The first-order valence-electron chi connectivity index (χ1n) is 11.6. The normalized spacial score (nSPS) is 11.8. The fourth-order valence-corrected chi connectivity index (χ4v) is 4.88. The lowest BCUT2D eigenvalue weighted by atomic mass is 9.64. The molecule has 168 valence electrons. The van der Waals surface area contributed by atoms with Crippen LogP contribution in [0, 0.1) is 0 Å². The maximum Gasteiger partial charge on any atom is 0.119 e. The standard InChI is InChI=1S/C31H32O2/c1-21(2)27-19-25(15-17-29(27)32)31(23-11-7-5-8-12-23,24-13-9-6-10-14-24)26-16-18-30(33)28(20-26)22(3)4/h5-22,32-33H,1-4H3. The lowest BCUT2D eigenvalue weighted by Gasteiger charge is -2.38. The van der Waals surface area contributed by atoms with Crippen LogP contribution in [0.25, 0.3) is 0 Å². The highest BCUT2D eigenvalue weighted by molar-refractivity contribution is 5.62. The SMILES string of the molecule is CC(C)c1cc(C(c2ccccc2)(c2ccccc2)c2ccc(O)c(C(C)C)c2)ccc1O. The molecule has 2 nitrogen and oxygen atoms in total. The fraction of sp³-hybridized carbons (Fsp3) is 0.226. The number of hydrogen-bond acceptors (Lipinski definition) is 2. The van der Waals surface area contributed by atoms with E-state index in [-0.39, 0.29) is 11.8 Å². The molecule has 4 aromatic carbocycles. The minimum Gasteiger partial charge on any atom is -0.508 e. The van der Waals surface area contributed by atoms with Gasteiger partial charge in [-0.3, -0.25) is 0 Å². The van der Waals surface area contributed by atoms with E-state index in [0.717, 1.165) is 33.4 Å². The molecular formula is C31H32O2. The molecule has 0 aliphatic heterocycles. The fourth-order valence-electron chi connectivity index (χ4n) is 4.88. The minimum absolute atomic E-state index is 0.181. The zero-order valence-corrected chi connectivity index (χ0v) is 19.8. The summed E-state index contributed by atoms with van der Waals surface area (Å²) in [4.78, 5) is 0. The average molecular weight is 437 g/mol. The van der Waals surface area contributed by atoms with Crippen molar-refractivity contribution in [2.75, 3.05) is 0 Å². The Balaban J connectivity index is 2.17. The van der Waals surface area contributed by atoms with Crippen LogP contribution in [0.5, 0.6) is 11.5 Å². The maximum atomic E-state index is 10.6. The van der Waals surface area contributed by atoms with Gasteiger partial charge in [0.05, 0.1) is 5.41 Å². The molecule has 2 heteroatoms. The first-order valence-corrected chi connectivity index (χ1v) is 11.6. The Bertz CT molecular complexity index is 1130. The highest BCUT2D eigenvalue weighted by Crippen LogP contribution is 2.47. The van der Waals surface area contributed by atoms with Crippen molar-refractivity contribution in [3.05, 3.63) is 130 Å². The third-order valence-corrected chi connectivity index (χ3v) is 6.58. The van der Waals surface area contributed by atoms with E-state index in [1.165, 1.54) is 0 Å². The van der Waals surface area contributed by atoms with Crippen LogP contribution in [-0.4, -0.2) is 10.2 Å². The van der Waals surface area contributed by atoms with E-state index >= 15 is 0 Å². The molecule has 0 radical (unpaired) electrons. The summed E-state index contributed by atoms with van der Waals surface area (Å²) in [5.41, 5.74) is 5.67. The molecule has 2 N–H and O–H groups in total. The third-order valence-electron chi connectivity index (χ3n) is 6.58. The summed E-state index contributed by atoms with van der Waals surface area (Å²) in [7, 11) is 0. The number of phenols is 2. The molecule has 0 aromatic heterocycles. The smallest absolute Gasteiger partial charge is 0.119 e. The van der Waals surface area contributed by atoms with Crippen LogP contribution in [0.15, 0.2) is 97.1 Å². The number of rotatable bonds is 6. The Hall–Kier alpha value is -3.52. The van der Waals surface area contributed by atoms with Gasteiger partial charge in [-0.05, 0) is 57.3 Å². The zero-order chi connectivity index (χ0) is 23.6. The van der Waals surface area contributed by atoms with Crippen LogP contribution in [0.3, 0.4) is 0 Å². The van der Waals surface area contributed by atoms with Crippen molar-refractivity contribution in [2.45, 2.75) is 44.9 Å². The summed E-state index contributed by atoms with van der Waals surface area (Å²) < 4.78 is 0. The van der Waals surface area contributed by atoms with Gasteiger partial charge in [0.1, 0.15) is 11.5 Å². The molecule has 0 unspecified atom stereocenters. The Morgan fingerprint density at radius 2 is 0.848 bits per heavy atom. The summed E-state index contributed by atoms with van der Waals surface area (Å²) in [5, 5.41) is 21.2. The summed E-state index contributed by atoms with van der Waals surface area (Å²) in [6.07, 6.45) is 0. The average Bonchev–Trinajstić information content (AvgIpc) is 2.82. The molecule has 0 spiro atoms. The van der Waals surface area contributed by atoms with Crippen LogP contribution in [0.1, 0.15) is 72.9 Å². The predicted molar refractivity (Wildman–Crippen MR) is 136 cm³/mol. The van der Waals surface area contributed by atoms with E-state index < -0.39 is 5.41 Å². The first kappa shape index (κ1) is 22.7. The Labute approximate surface area is 197 Å². The highest BCUT2D eigenvalue weighted by Gasteiger charge is 2.39. The maximum absolute atomic E-state index is 10.6. The molecule has 0 atom stereocenters. The van der Waals surface area contributed by atoms with Gasteiger partial charge in [-0.2, -0.15) is 0 Å². The number of hydrogen-bond donors (Lipinski definition) is 2. The molecule has 0 saturated carbocycles. The van der Waals surface area contributed by atoms with Crippen molar-refractivity contribution in [1.29, 1.82) is 0 Å². The van der Waals surface area contributed by atoms with E-state index in [4.69, 9.17) is 0 Å². The summed E-state index contributed by atoms with van der Waals surface area (Å²) >= 11 is 0. The zero-order valence-electron chi connectivity index (χ0n) is 19.8. The molecule has 0 amide bonds. The van der Waals surface area contributed by atoms with Gasteiger partial charge < -0.3 is 10.2 Å². The first-order chi connectivity index (χ1) is 15.9. The lowest BCUT2D eigenvalue weighted by Crippen LogP contribution is -2.31. The second-order valence-electron chi connectivity index (χ2n) is 9.34. The van der Waals surface area contributed by atoms with Crippen molar-refractivity contribution in [3.63, 3.8) is 0 Å². The van der Waals surface area contributed by atoms with Crippen LogP contribution in [-0.2, 0) is 5.41 Å². The van der Waals surface area contributed by atoms with Gasteiger partial charge in [0.25, 0.3) is 0 Å². The van der Waals surface area contributed by atoms with Gasteiger partial charge in [0.2, 0.25) is 0 Å². The van der Waals surface area contributed by atoms with Gasteiger partial charge in [-0.25, -0.2) is 0 Å². The van der Waals surface area contributed by atoms with Crippen molar-refractivity contribution in [1.82, 2.24) is 0 Å². The molecule has 4 aromatic rings. The number of benzene rings is 4. The Kier molecular flexibility index (Phi) is 6.29. The van der Waals surface area contributed by atoms with Gasteiger partial charge >= 0.3 is 0 Å². The number of phenolic OH excluding ortho intramolecular Hbond substituents is 2. The predicted octanol–water partition coefficient (Wildman–Crippen LogP) is 7.73. The largest absolute Gasteiger partial charge is 0.508 e. The van der Waals surface area contributed by atoms with Crippen LogP contribution in [0.2, 0.25) is 0 Å². The summed E-state index contributed by atoms with van der Waals surface area (Å²) in [6.45, 7) is 8.40. The molecular weight excluding hydrogens is 404 g/mol. The molecule has 33 heavy (non-hydrogen) atoms. The minimum atomic E-state index is -0.614. The molecule has 0 aliphatic carbocycles. The second kappa shape index (κ2) is 9.15. The van der Waals surface area contributed by atoms with Gasteiger partial charge in [0.15, 0.2) is 0 Å². The third kappa shape index (κ3) is 4.02. The van der Waals surface area contributed by atoms with E-state index in [1.807, 2.05) is 36.4 Å². The van der Waals surface area contributed by atoms with E-state index in [2.05, 4.69) is 88.4 Å². The van der Waals surface area contributed by atoms with Gasteiger partial charge in [-0.15, -0.1) is 0 Å². The molecule has 0 heterocycles. The Morgan fingerprint density at radius 1 is 0.485 bits per heavy atom. The topological polar surface area (TPSA) is 40.5 Å². The Morgan fingerprint density at radius 3 is 1.18 bits per heavy atom. The quantitative estimate of drug-likeness (QED) is 0.304. The highest BCUT2D eigenvalue weighted by atomic mass is 16.3. The summed E-state index contributed by atoms with van der Waals surface area (Å²) in [5.74, 6) is 0.996. The molecule has 0 aliphatic rings. The van der Waals surface area contributed by atoms with Crippen LogP contribution < -0.4 is 0 Å². The van der Waals surface area contributed by atoms with Crippen molar-refractivity contribution >= 4 is 0 Å². The second-order valence-corrected chi connectivity index (χ2v) is 9.34. The van der Waals surface area contributed by atoms with Gasteiger partial charge in [-0.1, -0.05) is 113 Å². The van der Waals surface area contributed by atoms with E-state index in [0.29, 0.717) is 11.5 Å². The number of aromatic hydroxyl groups is 2. The molecule has 0 fully saturated rings. The molecule has 4 rings (SSSR count). The van der Waals surface area contributed by atoms with Crippen LogP contribution in [0.4, 0.5) is 0 Å². The van der Waals surface area contributed by atoms with E-state index in [9.17, 15) is 10.2 Å². The lowest BCUT2D eigenvalue weighted by molar-refractivity contribution is 0.464. The van der Waals surface area contributed by atoms with Crippen molar-refractivity contribution < 1.29 is 10.2 Å². The monoisotopic (exact) mass is 436 g/mol. The van der Waals surface area contributed by atoms with Crippen molar-refractivity contribution in [2.24, 2.45) is 0 Å². The van der Waals surface area contributed by atoms with Crippen LogP contribution >= 0.6 is 0 Å².